The minimum absolute atomic E-state index is 0.0485. The van der Waals surface area contributed by atoms with Gasteiger partial charge in [0.1, 0.15) is 6.23 Å². The number of benzene rings is 1. The Labute approximate surface area is 190 Å². The van der Waals surface area contributed by atoms with Gasteiger partial charge in [-0.15, -0.1) is 0 Å². The molecule has 2 aromatic heterocycles. The summed E-state index contributed by atoms with van der Waals surface area (Å²) in [5.74, 6) is 0. The fraction of sp³-hybridized carbons (Fsp3) is 0.292. The Balaban J connectivity index is 1.72. The van der Waals surface area contributed by atoms with Crippen molar-refractivity contribution < 1.29 is 9.47 Å². The first-order valence-electron chi connectivity index (χ1n) is 10.3. The van der Waals surface area contributed by atoms with Crippen LogP contribution in [0.1, 0.15) is 36.1 Å². The lowest BCUT2D eigenvalue weighted by molar-refractivity contribution is 0.00347. The van der Waals surface area contributed by atoms with Gasteiger partial charge in [-0.2, -0.15) is 0 Å². The number of aromatic nitrogens is 2. The largest absolute Gasteiger partial charge is 0.380 e. The van der Waals surface area contributed by atoms with Crippen LogP contribution in [-0.4, -0.2) is 35.6 Å². The van der Waals surface area contributed by atoms with Gasteiger partial charge in [-0.1, -0.05) is 18.2 Å². The van der Waals surface area contributed by atoms with Crippen LogP contribution >= 0.6 is 15.9 Å². The third-order valence-electron chi connectivity index (χ3n) is 5.17. The van der Waals surface area contributed by atoms with Crippen molar-refractivity contribution in [3.05, 3.63) is 76.2 Å². The zero-order valence-electron chi connectivity index (χ0n) is 17.4. The first kappa shape index (κ1) is 21.6. The summed E-state index contributed by atoms with van der Waals surface area (Å²) in [5, 5.41) is 12.3. The van der Waals surface area contributed by atoms with Crippen molar-refractivity contribution >= 4 is 38.2 Å². The van der Waals surface area contributed by atoms with Gasteiger partial charge in [0.2, 0.25) is 0 Å². The number of pyridine rings is 2. The number of hydrogen-bond acceptors (Lipinski definition) is 6. The van der Waals surface area contributed by atoms with E-state index in [4.69, 9.17) is 19.9 Å². The lowest BCUT2D eigenvalue weighted by Crippen LogP contribution is -2.31. The summed E-state index contributed by atoms with van der Waals surface area (Å²) >= 11 is 3.47. The first-order chi connectivity index (χ1) is 15.1. The molecule has 1 saturated heterocycles. The number of nitrogens with zero attached hydrogens (tertiary/aromatic N) is 2. The molecule has 3 aromatic rings. The van der Waals surface area contributed by atoms with Crippen molar-refractivity contribution in [1.82, 2.24) is 15.3 Å². The van der Waals surface area contributed by atoms with Crippen LogP contribution in [0.2, 0.25) is 0 Å². The molecule has 2 N–H and O–H groups in total. The highest BCUT2D eigenvalue weighted by Gasteiger charge is 2.16. The van der Waals surface area contributed by atoms with Crippen molar-refractivity contribution in [2.45, 2.75) is 32.1 Å². The molecule has 0 aliphatic carbocycles. The number of methoxy groups -OCH3 is 1. The lowest BCUT2D eigenvalue weighted by Gasteiger charge is -2.23. The Morgan fingerprint density at radius 3 is 2.97 bits per heavy atom. The predicted molar refractivity (Wildman–Crippen MR) is 126 cm³/mol. The molecule has 3 heterocycles. The summed E-state index contributed by atoms with van der Waals surface area (Å²) in [5.41, 5.74) is 5.20. The number of halogens is 1. The van der Waals surface area contributed by atoms with E-state index in [-0.39, 0.29) is 6.23 Å². The average molecular weight is 481 g/mol. The maximum absolute atomic E-state index is 8.97. The third-order valence-corrected chi connectivity index (χ3v) is 5.60. The number of hydrogen-bond donors (Lipinski definition) is 2. The van der Waals surface area contributed by atoms with Crippen molar-refractivity contribution in [1.29, 1.82) is 5.41 Å². The number of nitrogens with one attached hydrogen (secondary N) is 2. The summed E-state index contributed by atoms with van der Waals surface area (Å²) in [6, 6.07) is 13.6. The molecule has 1 fully saturated rings. The molecule has 0 saturated carbocycles. The van der Waals surface area contributed by atoms with Crippen molar-refractivity contribution in [3.8, 4) is 0 Å². The maximum Gasteiger partial charge on any atom is 0.127 e. The highest BCUT2D eigenvalue weighted by atomic mass is 79.9. The summed E-state index contributed by atoms with van der Waals surface area (Å²) in [4.78, 5) is 9.20. The molecule has 1 atom stereocenters. The molecule has 4 rings (SSSR count). The molecule has 31 heavy (non-hydrogen) atoms. The predicted octanol–water partition coefficient (Wildman–Crippen LogP) is 5.06. The van der Waals surface area contributed by atoms with Gasteiger partial charge in [-0.25, -0.2) is 4.98 Å². The van der Waals surface area contributed by atoms with Crippen LogP contribution < -0.4 is 5.32 Å². The van der Waals surface area contributed by atoms with E-state index in [1.165, 1.54) is 0 Å². The van der Waals surface area contributed by atoms with Crippen LogP contribution in [0, 0.1) is 5.41 Å². The first-order valence-corrected chi connectivity index (χ1v) is 11.1. The standard InChI is InChI=1S/C24H25BrN4O2/c1-30-15-16-5-4-6-17(11-16)24(26)19(14-28-23-7-2-3-10-31-23)20-8-9-21-22(29-20)12-18(25)13-27-21/h4-6,8-9,11-14,23,26,28H,2-3,7,10,15H2,1H3/b19-14-,26-24?. The van der Waals surface area contributed by atoms with Crippen molar-refractivity contribution in [2.75, 3.05) is 13.7 Å². The molecule has 6 nitrogen and oxygen atoms in total. The number of rotatable bonds is 7. The zero-order valence-corrected chi connectivity index (χ0v) is 19.0. The van der Waals surface area contributed by atoms with Crippen LogP contribution in [0.4, 0.5) is 0 Å². The van der Waals surface area contributed by atoms with Gasteiger partial charge in [0.05, 0.1) is 29.0 Å². The van der Waals surface area contributed by atoms with Gasteiger partial charge in [-0.05, 0) is 65.0 Å². The van der Waals surface area contributed by atoms with E-state index in [1.54, 1.807) is 13.3 Å². The second-order valence-corrected chi connectivity index (χ2v) is 8.39. The van der Waals surface area contributed by atoms with Crippen LogP contribution in [0.25, 0.3) is 16.6 Å². The van der Waals surface area contributed by atoms with Gasteiger partial charge < -0.3 is 14.8 Å². The Hall–Kier alpha value is -2.61. The van der Waals surface area contributed by atoms with E-state index in [2.05, 4.69) is 26.2 Å². The van der Waals surface area contributed by atoms with E-state index >= 15 is 0 Å². The highest BCUT2D eigenvalue weighted by molar-refractivity contribution is 9.10. The van der Waals surface area contributed by atoms with E-state index in [9.17, 15) is 0 Å². The van der Waals surface area contributed by atoms with Gasteiger partial charge in [-0.3, -0.25) is 10.4 Å². The SMILES string of the molecule is COCc1cccc(C(=N)/C(=C\NC2CCCCO2)c2ccc3ncc(Br)cc3n2)c1. The molecule has 0 spiro atoms. The highest BCUT2D eigenvalue weighted by Crippen LogP contribution is 2.23. The Morgan fingerprint density at radius 2 is 2.16 bits per heavy atom. The number of fused-ring (bicyclic) bond motifs is 1. The third kappa shape index (κ3) is 5.36. The van der Waals surface area contributed by atoms with E-state index in [0.717, 1.165) is 52.5 Å². The maximum atomic E-state index is 8.97. The van der Waals surface area contributed by atoms with Crippen molar-refractivity contribution in [2.24, 2.45) is 0 Å². The number of ether oxygens (including phenoxy) is 2. The molecule has 1 aliphatic heterocycles. The summed E-state index contributed by atoms with van der Waals surface area (Å²) in [6.45, 7) is 1.26. The molecule has 0 bridgehead atoms. The topological polar surface area (TPSA) is 80.1 Å². The molecular formula is C24H25BrN4O2. The van der Waals surface area contributed by atoms with E-state index in [1.807, 2.05) is 48.7 Å². The average Bonchev–Trinajstić information content (AvgIpc) is 2.80. The smallest absolute Gasteiger partial charge is 0.127 e. The molecule has 1 aromatic carbocycles. The van der Waals surface area contributed by atoms with Crippen LogP contribution in [0.5, 0.6) is 0 Å². The Morgan fingerprint density at radius 1 is 1.26 bits per heavy atom. The Kier molecular flexibility index (Phi) is 7.06. The Bertz CT molecular complexity index is 1110. The summed E-state index contributed by atoms with van der Waals surface area (Å²) < 4.78 is 11.9. The van der Waals surface area contributed by atoms with Gasteiger partial charge in [0.25, 0.3) is 0 Å². The van der Waals surface area contributed by atoms with Gasteiger partial charge >= 0.3 is 0 Å². The minimum atomic E-state index is -0.0485. The molecular weight excluding hydrogens is 456 g/mol. The van der Waals surface area contributed by atoms with Gasteiger partial charge in [0, 0.05) is 41.7 Å². The van der Waals surface area contributed by atoms with Gasteiger partial charge in [0.15, 0.2) is 0 Å². The minimum Gasteiger partial charge on any atom is -0.380 e. The van der Waals surface area contributed by atoms with Crippen LogP contribution in [0.3, 0.4) is 0 Å². The second kappa shape index (κ2) is 10.1. The molecule has 7 heteroatoms. The molecule has 1 unspecified atom stereocenters. The second-order valence-electron chi connectivity index (χ2n) is 7.48. The fourth-order valence-corrected chi connectivity index (χ4v) is 3.91. The molecule has 1 aliphatic rings. The molecule has 0 radical (unpaired) electrons. The lowest BCUT2D eigenvalue weighted by atomic mass is 9.98. The monoisotopic (exact) mass is 480 g/mol. The quantitative estimate of drug-likeness (QED) is 0.461. The van der Waals surface area contributed by atoms with Crippen LogP contribution in [-0.2, 0) is 16.1 Å². The van der Waals surface area contributed by atoms with E-state index < -0.39 is 0 Å². The van der Waals surface area contributed by atoms with Crippen LogP contribution in [0.15, 0.2) is 59.3 Å². The molecule has 0 amide bonds. The normalized spacial score (nSPS) is 17.0. The zero-order chi connectivity index (χ0) is 21.6. The van der Waals surface area contributed by atoms with E-state index in [0.29, 0.717) is 23.6 Å². The fourth-order valence-electron chi connectivity index (χ4n) is 3.59. The molecule has 160 valence electrons. The summed E-state index contributed by atoms with van der Waals surface area (Å²) in [6.07, 6.45) is 6.73. The number of allylic oxidation sites excluding steroid dienone is 1. The summed E-state index contributed by atoms with van der Waals surface area (Å²) in [7, 11) is 1.67. The van der Waals surface area contributed by atoms with Crippen molar-refractivity contribution in [3.63, 3.8) is 0 Å².